The van der Waals surface area contributed by atoms with Crippen LogP contribution in [0.2, 0.25) is 0 Å². The molecule has 1 fully saturated rings. The number of hydrogen-bond acceptors (Lipinski definition) is 3. The van der Waals surface area contributed by atoms with E-state index in [1.165, 1.54) is 12.0 Å². The standard InChI is InChI=1S/C12H18N2O/c13-11-4-1-5-12(11)15-8-6-10-3-2-7-14-9-10/h2-3,7,9,11-12H,1,4-6,8,13H2. The van der Waals surface area contributed by atoms with Gasteiger partial charge in [-0.05, 0) is 37.3 Å². The summed E-state index contributed by atoms with van der Waals surface area (Å²) in [5, 5.41) is 0. The molecule has 0 spiro atoms. The molecule has 0 bridgehead atoms. The van der Waals surface area contributed by atoms with Gasteiger partial charge in [0.2, 0.25) is 0 Å². The average Bonchev–Trinajstić information content (AvgIpc) is 2.66. The molecule has 2 N–H and O–H groups in total. The van der Waals surface area contributed by atoms with E-state index in [9.17, 15) is 0 Å². The highest BCUT2D eigenvalue weighted by Crippen LogP contribution is 2.20. The lowest BCUT2D eigenvalue weighted by molar-refractivity contribution is 0.0502. The first-order valence-corrected chi connectivity index (χ1v) is 5.62. The van der Waals surface area contributed by atoms with Crippen LogP contribution < -0.4 is 5.73 Å². The first-order valence-electron chi connectivity index (χ1n) is 5.62. The van der Waals surface area contributed by atoms with E-state index in [1.807, 2.05) is 12.3 Å². The van der Waals surface area contributed by atoms with Crippen LogP contribution in [0, 0.1) is 0 Å². The van der Waals surface area contributed by atoms with Gasteiger partial charge >= 0.3 is 0 Å². The number of ether oxygens (including phenoxy) is 1. The van der Waals surface area contributed by atoms with Gasteiger partial charge in [-0.3, -0.25) is 4.98 Å². The lowest BCUT2D eigenvalue weighted by Crippen LogP contribution is -2.31. The molecule has 1 aromatic heterocycles. The van der Waals surface area contributed by atoms with Crippen LogP contribution in [0.1, 0.15) is 24.8 Å². The molecule has 2 rings (SSSR count). The van der Waals surface area contributed by atoms with Crippen molar-refractivity contribution in [3.05, 3.63) is 30.1 Å². The molecule has 82 valence electrons. The average molecular weight is 206 g/mol. The molecule has 1 saturated carbocycles. The number of aromatic nitrogens is 1. The Bertz CT molecular complexity index is 289. The molecule has 2 atom stereocenters. The fourth-order valence-corrected chi connectivity index (χ4v) is 2.04. The van der Waals surface area contributed by atoms with Crippen molar-refractivity contribution in [3.8, 4) is 0 Å². The third kappa shape index (κ3) is 3.01. The summed E-state index contributed by atoms with van der Waals surface area (Å²) in [4.78, 5) is 4.07. The topological polar surface area (TPSA) is 48.1 Å². The highest BCUT2D eigenvalue weighted by molar-refractivity contribution is 5.08. The lowest BCUT2D eigenvalue weighted by atomic mass is 10.2. The van der Waals surface area contributed by atoms with Crippen LogP contribution in [0.15, 0.2) is 24.5 Å². The van der Waals surface area contributed by atoms with Gasteiger partial charge in [0.15, 0.2) is 0 Å². The Labute approximate surface area is 90.7 Å². The summed E-state index contributed by atoms with van der Waals surface area (Å²) >= 11 is 0. The quantitative estimate of drug-likeness (QED) is 0.812. The minimum absolute atomic E-state index is 0.249. The van der Waals surface area contributed by atoms with E-state index in [1.54, 1.807) is 6.20 Å². The second-order valence-corrected chi connectivity index (χ2v) is 4.12. The van der Waals surface area contributed by atoms with E-state index in [2.05, 4.69) is 11.1 Å². The van der Waals surface area contributed by atoms with E-state index in [0.717, 1.165) is 25.9 Å². The molecule has 1 aliphatic carbocycles. The molecule has 0 radical (unpaired) electrons. The largest absolute Gasteiger partial charge is 0.376 e. The van der Waals surface area contributed by atoms with Crippen molar-refractivity contribution in [1.82, 2.24) is 4.98 Å². The minimum atomic E-state index is 0.249. The number of nitrogens with two attached hydrogens (primary N) is 1. The van der Waals surface area contributed by atoms with E-state index in [4.69, 9.17) is 10.5 Å². The van der Waals surface area contributed by atoms with Crippen LogP contribution in [0.4, 0.5) is 0 Å². The molecule has 1 aliphatic rings. The first kappa shape index (κ1) is 10.6. The Morgan fingerprint density at radius 2 is 2.40 bits per heavy atom. The Balaban J connectivity index is 1.71. The first-order chi connectivity index (χ1) is 7.36. The molecule has 1 heterocycles. The summed E-state index contributed by atoms with van der Waals surface area (Å²) in [7, 11) is 0. The van der Waals surface area contributed by atoms with E-state index in [-0.39, 0.29) is 12.1 Å². The fourth-order valence-electron chi connectivity index (χ4n) is 2.04. The molecular formula is C12H18N2O. The van der Waals surface area contributed by atoms with Gasteiger partial charge in [0.25, 0.3) is 0 Å². The number of pyridine rings is 1. The van der Waals surface area contributed by atoms with Crippen molar-refractivity contribution in [1.29, 1.82) is 0 Å². The van der Waals surface area contributed by atoms with Crippen molar-refractivity contribution < 1.29 is 4.74 Å². The van der Waals surface area contributed by atoms with Crippen LogP contribution in [0.5, 0.6) is 0 Å². The molecule has 1 aromatic rings. The maximum absolute atomic E-state index is 5.92. The zero-order valence-electron chi connectivity index (χ0n) is 8.93. The lowest BCUT2D eigenvalue weighted by Gasteiger charge is -2.16. The van der Waals surface area contributed by atoms with Gasteiger partial charge in [-0.15, -0.1) is 0 Å². The van der Waals surface area contributed by atoms with Gasteiger partial charge in [0, 0.05) is 18.4 Å². The summed E-state index contributed by atoms with van der Waals surface area (Å²) in [6, 6.07) is 4.28. The smallest absolute Gasteiger partial charge is 0.0726 e. The molecule has 15 heavy (non-hydrogen) atoms. The number of rotatable bonds is 4. The summed E-state index contributed by atoms with van der Waals surface area (Å²) in [6.07, 6.45) is 8.32. The predicted molar refractivity (Wildman–Crippen MR) is 59.5 cm³/mol. The molecule has 3 nitrogen and oxygen atoms in total. The monoisotopic (exact) mass is 206 g/mol. The molecule has 0 aromatic carbocycles. The number of nitrogens with zero attached hydrogens (tertiary/aromatic N) is 1. The molecule has 2 unspecified atom stereocenters. The van der Waals surface area contributed by atoms with Crippen LogP contribution in [0.3, 0.4) is 0 Å². The second kappa shape index (κ2) is 5.24. The van der Waals surface area contributed by atoms with Crippen LogP contribution in [-0.2, 0) is 11.2 Å². The molecule has 3 heteroatoms. The zero-order chi connectivity index (χ0) is 10.5. The van der Waals surface area contributed by atoms with Gasteiger partial charge in [0.1, 0.15) is 0 Å². The van der Waals surface area contributed by atoms with Crippen LogP contribution in [0.25, 0.3) is 0 Å². The van der Waals surface area contributed by atoms with E-state index in [0.29, 0.717) is 0 Å². The van der Waals surface area contributed by atoms with Crippen molar-refractivity contribution in [2.75, 3.05) is 6.61 Å². The summed E-state index contributed by atoms with van der Waals surface area (Å²) in [5.74, 6) is 0. The minimum Gasteiger partial charge on any atom is -0.376 e. The molecule has 0 amide bonds. The summed E-state index contributed by atoms with van der Waals surface area (Å²) in [5.41, 5.74) is 7.15. The Morgan fingerprint density at radius 1 is 1.47 bits per heavy atom. The highest BCUT2D eigenvalue weighted by atomic mass is 16.5. The molecular weight excluding hydrogens is 188 g/mol. The Morgan fingerprint density at radius 3 is 3.07 bits per heavy atom. The fraction of sp³-hybridized carbons (Fsp3) is 0.583. The van der Waals surface area contributed by atoms with Gasteiger partial charge in [-0.25, -0.2) is 0 Å². The normalized spacial score (nSPS) is 25.7. The van der Waals surface area contributed by atoms with Crippen molar-refractivity contribution >= 4 is 0 Å². The van der Waals surface area contributed by atoms with Gasteiger partial charge < -0.3 is 10.5 Å². The van der Waals surface area contributed by atoms with E-state index >= 15 is 0 Å². The third-order valence-corrected chi connectivity index (χ3v) is 2.95. The van der Waals surface area contributed by atoms with E-state index < -0.39 is 0 Å². The predicted octanol–water partition coefficient (Wildman–Crippen LogP) is 1.52. The van der Waals surface area contributed by atoms with Gasteiger partial charge in [-0.1, -0.05) is 6.07 Å². The zero-order valence-corrected chi connectivity index (χ0v) is 8.93. The third-order valence-electron chi connectivity index (χ3n) is 2.95. The highest BCUT2D eigenvalue weighted by Gasteiger charge is 2.23. The second-order valence-electron chi connectivity index (χ2n) is 4.12. The van der Waals surface area contributed by atoms with Crippen molar-refractivity contribution in [2.24, 2.45) is 5.73 Å². The summed E-state index contributed by atoms with van der Waals surface area (Å²) < 4.78 is 5.77. The van der Waals surface area contributed by atoms with Crippen molar-refractivity contribution in [2.45, 2.75) is 37.8 Å². The van der Waals surface area contributed by atoms with Crippen LogP contribution >= 0.6 is 0 Å². The van der Waals surface area contributed by atoms with Gasteiger partial charge in [-0.2, -0.15) is 0 Å². The van der Waals surface area contributed by atoms with Crippen molar-refractivity contribution in [3.63, 3.8) is 0 Å². The van der Waals surface area contributed by atoms with Gasteiger partial charge in [0.05, 0.1) is 12.7 Å². The Hall–Kier alpha value is -0.930. The summed E-state index contributed by atoms with van der Waals surface area (Å²) in [6.45, 7) is 0.754. The Kier molecular flexibility index (Phi) is 3.69. The van der Waals surface area contributed by atoms with Crippen LogP contribution in [-0.4, -0.2) is 23.7 Å². The number of hydrogen-bond donors (Lipinski definition) is 1. The maximum atomic E-state index is 5.92. The SMILES string of the molecule is NC1CCCC1OCCc1cccnc1. The molecule has 0 aliphatic heterocycles. The maximum Gasteiger partial charge on any atom is 0.0726 e. The molecule has 0 saturated heterocycles.